The highest BCUT2D eigenvalue weighted by molar-refractivity contribution is 9.10. The van der Waals surface area contributed by atoms with Crippen molar-refractivity contribution < 1.29 is 14.6 Å². The molecule has 0 bridgehead atoms. The van der Waals surface area contributed by atoms with Crippen molar-refractivity contribution in [2.24, 2.45) is 5.41 Å². The maximum Gasteiger partial charge on any atom is 0.313 e. The summed E-state index contributed by atoms with van der Waals surface area (Å²) in [5, 5.41) is 21.5. The minimum Gasteiger partial charge on any atom is -0.481 e. The van der Waals surface area contributed by atoms with Crippen molar-refractivity contribution in [1.29, 1.82) is 5.26 Å². The maximum atomic E-state index is 11.3. The van der Waals surface area contributed by atoms with Crippen molar-refractivity contribution in [3.05, 3.63) is 28.2 Å². The number of halogens is 1. The Kier molecular flexibility index (Phi) is 3.78. The van der Waals surface area contributed by atoms with E-state index in [0.717, 1.165) is 4.47 Å². The molecule has 1 fully saturated rings. The van der Waals surface area contributed by atoms with Crippen LogP contribution in [-0.2, 0) is 9.53 Å². The number of benzene rings is 1. The second-order valence-corrected chi connectivity index (χ2v) is 5.65. The van der Waals surface area contributed by atoms with Crippen LogP contribution in [0.4, 0.5) is 5.69 Å². The molecule has 0 saturated carbocycles. The van der Waals surface area contributed by atoms with Crippen LogP contribution >= 0.6 is 15.9 Å². The lowest BCUT2D eigenvalue weighted by molar-refractivity contribution is -0.148. The highest BCUT2D eigenvalue weighted by atomic mass is 79.9. The van der Waals surface area contributed by atoms with E-state index in [1.807, 2.05) is 0 Å². The van der Waals surface area contributed by atoms with Crippen LogP contribution in [0.3, 0.4) is 0 Å². The highest BCUT2D eigenvalue weighted by Crippen LogP contribution is 2.32. The molecule has 2 rings (SSSR count). The van der Waals surface area contributed by atoms with Gasteiger partial charge in [0.15, 0.2) is 0 Å². The van der Waals surface area contributed by atoms with Gasteiger partial charge in [0, 0.05) is 4.47 Å². The quantitative estimate of drug-likeness (QED) is 0.890. The summed E-state index contributed by atoms with van der Waals surface area (Å²) in [5.41, 5.74) is 0.0995. The Morgan fingerprint density at radius 2 is 2.42 bits per heavy atom. The Balaban J connectivity index is 2.27. The molecule has 0 aliphatic carbocycles. The lowest BCUT2D eigenvalue weighted by Crippen LogP contribution is -2.43. The van der Waals surface area contributed by atoms with Gasteiger partial charge < -0.3 is 15.2 Å². The molecule has 1 aliphatic heterocycles. The minimum atomic E-state index is -0.986. The Labute approximate surface area is 119 Å². The van der Waals surface area contributed by atoms with E-state index in [2.05, 4.69) is 27.3 Å². The standard InChI is InChI=1S/C13H13BrN2O3/c1-13(12(17)18)7-19-6-11(13)16-10-3-2-9(14)4-8(10)5-15/h2-4,11,16H,6-7H2,1H3,(H,17,18). The van der Waals surface area contributed by atoms with Crippen LogP contribution in [0.5, 0.6) is 0 Å². The lowest BCUT2D eigenvalue weighted by Gasteiger charge is -2.26. The Morgan fingerprint density at radius 3 is 3.05 bits per heavy atom. The first-order valence-electron chi connectivity index (χ1n) is 5.74. The number of carboxylic acids is 1. The summed E-state index contributed by atoms with van der Waals surface area (Å²) >= 11 is 3.30. The molecular formula is C13H13BrN2O3. The number of rotatable bonds is 3. The van der Waals surface area contributed by atoms with Crippen LogP contribution in [0.25, 0.3) is 0 Å². The van der Waals surface area contributed by atoms with Gasteiger partial charge in [0.2, 0.25) is 0 Å². The molecule has 19 heavy (non-hydrogen) atoms. The van der Waals surface area contributed by atoms with Gasteiger partial charge in [0.05, 0.1) is 30.5 Å². The van der Waals surface area contributed by atoms with Gasteiger partial charge in [-0.05, 0) is 25.1 Å². The van der Waals surface area contributed by atoms with Crippen LogP contribution in [0.2, 0.25) is 0 Å². The molecule has 2 unspecified atom stereocenters. The number of aliphatic carboxylic acids is 1. The topological polar surface area (TPSA) is 82.3 Å². The number of ether oxygens (including phenoxy) is 1. The fraction of sp³-hybridized carbons (Fsp3) is 0.385. The number of carbonyl (C=O) groups is 1. The number of hydrogen-bond acceptors (Lipinski definition) is 4. The fourth-order valence-corrected chi connectivity index (χ4v) is 2.37. The first-order valence-corrected chi connectivity index (χ1v) is 6.54. The second kappa shape index (κ2) is 5.19. The number of nitriles is 1. The van der Waals surface area contributed by atoms with Crippen LogP contribution in [0.15, 0.2) is 22.7 Å². The highest BCUT2D eigenvalue weighted by Gasteiger charge is 2.46. The van der Waals surface area contributed by atoms with Crippen LogP contribution < -0.4 is 5.32 Å². The third-order valence-corrected chi connectivity index (χ3v) is 3.87. The predicted octanol–water partition coefficient (Wildman–Crippen LogP) is 2.22. The molecule has 0 spiro atoms. The van der Waals surface area contributed by atoms with Crippen molar-refractivity contribution in [2.45, 2.75) is 13.0 Å². The summed E-state index contributed by atoms with van der Waals surface area (Å²) in [6.07, 6.45) is 0. The predicted molar refractivity (Wildman–Crippen MR) is 72.8 cm³/mol. The van der Waals surface area contributed by atoms with Gasteiger partial charge in [-0.2, -0.15) is 5.26 Å². The van der Waals surface area contributed by atoms with E-state index in [1.54, 1.807) is 25.1 Å². The van der Waals surface area contributed by atoms with Gasteiger partial charge in [0.25, 0.3) is 0 Å². The largest absolute Gasteiger partial charge is 0.481 e. The fourth-order valence-electron chi connectivity index (χ4n) is 2.01. The molecule has 1 aliphatic rings. The zero-order chi connectivity index (χ0) is 14.0. The number of nitrogens with one attached hydrogen (secondary N) is 1. The first kappa shape index (κ1) is 13.8. The van der Waals surface area contributed by atoms with Crippen molar-refractivity contribution in [3.63, 3.8) is 0 Å². The van der Waals surface area contributed by atoms with Crippen LogP contribution in [-0.4, -0.2) is 30.3 Å². The summed E-state index contributed by atoms with van der Waals surface area (Å²) in [5.74, 6) is -0.905. The van der Waals surface area contributed by atoms with E-state index in [9.17, 15) is 9.90 Å². The molecular weight excluding hydrogens is 312 g/mol. The number of anilines is 1. The van der Waals surface area contributed by atoms with Crippen LogP contribution in [0, 0.1) is 16.7 Å². The number of carboxylic acid groups (broad SMARTS) is 1. The van der Waals surface area contributed by atoms with Gasteiger partial charge in [0.1, 0.15) is 11.5 Å². The molecule has 100 valence electrons. The summed E-state index contributed by atoms with van der Waals surface area (Å²) in [7, 11) is 0. The molecule has 1 aromatic carbocycles. The minimum absolute atomic E-state index is 0.165. The number of hydrogen-bond donors (Lipinski definition) is 2. The van der Waals surface area contributed by atoms with E-state index in [4.69, 9.17) is 10.00 Å². The van der Waals surface area contributed by atoms with E-state index in [0.29, 0.717) is 17.9 Å². The summed E-state index contributed by atoms with van der Waals surface area (Å²) in [6.45, 7) is 2.12. The van der Waals surface area contributed by atoms with Crippen molar-refractivity contribution in [1.82, 2.24) is 0 Å². The van der Waals surface area contributed by atoms with E-state index < -0.39 is 11.4 Å². The molecule has 5 nitrogen and oxygen atoms in total. The Hall–Kier alpha value is -1.58. The Morgan fingerprint density at radius 1 is 1.68 bits per heavy atom. The van der Waals surface area contributed by atoms with E-state index in [1.165, 1.54) is 0 Å². The molecule has 6 heteroatoms. The maximum absolute atomic E-state index is 11.3. The monoisotopic (exact) mass is 324 g/mol. The van der Waals surface area contributed by atoms with Gasteiger partial charge in [-0.1, -0.05) is 15.9 Å². The first-order chi connectivity index (χ1) is 8.97. The summed E-state index contributed by atoms with van der Waals surface area (Å²) in [4.78, 5) is 11.3. The molecule has 0 radical (unpaired) electrons. The molecule has 2 N–H and O–H groups in total. The average molecular weight is 325 g/mol. The second-order valence-electron chi connectivity index (χ2n) is 4.74. The zero-order valence-corrected chi connectivity index (χ0v) is 11.9. The molecule has 0 aromatic heterocycles. The summed E-state index contributed by atoms with van der Waals surface area (Å²) < 4.78 is 6.07. The van der Waals surface area contributed by atoms with Gasteiger partial charge in [-0.25, -0.2) is 0 Å². The molecule has 2 atom stereocenters. The van der Waals surface area contributed by atoms with Crippen LogP contribution in [0.1, 0.15) is 12.5 Å². The van der Waals surface area contributed by atoms with Gasteiger partial charge in [-0.15, -0.1) is 0 Å². The van der Waals surface area contributed by atoms with Crippen molar-refractivity contribution in [2.75, 3.05) is 18.5 Å². The summed E-state index contributed by atoms with van der Waals surface area (Å²) in [6, 6.07) is 6.97. The van der Waals surface area contributed by atoms with E-state index >= 15 is 0 Å². The molecule has 1 saturated heterocycles. The Bertz CT molecular complexity index is 555. The lowest BCUT2D eigenvalue weighted by atomic mass is 9.85. The molecule has 0 amide bonds. The zero-order valence-electron chi connectivity index (χ0n) is 10.3. The SMILES string of the molecule is CC1(C(=O)O)COCC1Nc1ccc(Br)cc1C#N. The van der Waals surface area contributed by atoms with E-state index in [-0.39, 0.29) is 12.6 Å². The van der Waals surface area contributed by atoms with Crippen molar-refractivity contribution >= 4 is 27.6 Å². The third kappa shape index (κ3) is 2.57. The molecule has 1 aromatic rings. The van der Waals surface area contributed by atoms with Gasteiger partial charge in [-0.3, -0.25) is 4.79 Å². The third-order valence-electron chi connectivity index (χ3n) is 3.38. The smallest absolute Gasteiger partial charge is 0.313 e. The van der Waals surface area contributed by atoms with Gasteiger partial charge >= 0.3 is 5.97 Å². The average Bonchev–Trinajstić information content (AvgIpc) is 2.74. The number of nitrogens with zero attached hydrogens (tertiary/aromatic N) is 1. The van der Waals surface area contributed by atoms with Crippen molar-refractivity contribution in [3.8, 4) is 6.07 Å². The normalized spacial score (nSPS) is 25.8. The molecule has 1 heterocycles.